The second-order valence-electron chi connectivity index (χ2n) is 3.93. The Hall–Kier alpha value is -1.25. The van der Waals surface area contributed by atoms with Gasteiger partial charge in [0.1, 0.15) is 15.7 Å². The van der Waals surface area contributed by atoms with E-state index in [0.29, 0.717) is 21.8 Å². The minimum atomic E-state index is -2.94. The lowest BCUT2D eigenvalue weighted by Crippen LogP contribution is -2.06. The first-order chi connectivity index (χ1) is 10.0. The average molecular weight is 380 g/mol. The molecule has 1 atom stereocenters. The van der Waals surface area contributed by atoms with Gasteiger partial charge in [-0.2, -0.15) is 8.78 Å². The number of aliphatic hydroxyl groups is 1. The van der Waals surface area contributed by atoms with Gasteiger partial charge < -0.3 is 14.6 Å². The Morgan fingerprint density at radius 2 is 2.14 bits per heavy atom. The van der Waals surface area contributed by atoms with E-state index < -0.39 is 12.7 Å². The van der Waals surface area contributed by atoms with E-state index in [4.69, 9.17) is 4.74 Å². The Balaban J connectivity index is 2.30. The van der Waals surface area contributed by atoms with Crippen LogP contribution in [0, 0.1) is 0 Å². The predicted molar refractivity (Wildman–Crippen MR) is 78.1 cm³/mol. The Bertz CT molecular complexity index is 609. The average Bonchev–Trinajstić information content (AvgIpc) is 2.86. The molecule has 0 bridgehead atoms. The molecule has 0 spiro atoms. The van der Waals surface area contributed by atoms with Gasteiger partial charge in [0.2, 0.25) is 0 Å². The summed E-state index contributed by atoms with van der Waals surface area (Å²) in [6.45, 7) is -0.912. The van der Waals surface area contributed by atoms with Crippen LogP contribution >= 0.6 is 27.3 Å². The molecular weight excluding hydrogens is 368 g/mol. The number of alkyl halides is 2. The van der Waals surface area contributed by atoms with E-state index in [1.807, 2.05) is 0 Å². The molecule has 21 heavy (non-hydrogen) atoms. The quantitative estimate of drug-likeness (QED) is 0.824. The Morgan fingerprint density at radius 1 is 1.38 bits per heavy atom. The van der Waals surface area contributed by atoms with Crippen molar-refractivity contribution in [1.82, 2.24) is 4.98 Å². The lowest BCUT2D eigenvalue weighted by molar-refractivity contribution is -0.0514. The monoisotopic (exact) mass is 379 g/mol. The predicted octanol–water partition coefficient (Wildman–Crippen LogP) is 3.99. The molecule has 1 aromatic carbocycles. The van der Waals surface area contributed by atoms with Gasteiger partial charge in [-0.05, 0) is 40.5 Å². The standard InChI is InChI=1S/C13H12BrF2NO3S/c1-2-19-9-5-7(3-4-8(9)20-13(15)16)11(18)12-17-10(14)6-21-12/h3-6,11,13,18H,2H2,1H3. The van der Waals surface area contributed by atoms with Gasteiger partial charge in [-0.15, -0.1) is 11.3 Å². The molecular formula is C13H12BrF2NO3S. The van der Waals surface area contributed by atoms with Gasteiger partial charge >= 0.3 is 6.61 Å². The van der Waals surface area contributed by atoms with Crippen molar-refractivity contribution in [1.29, 1.82) is 0 Å². The van der Waals surface area contributed by atoms with Crippen molar-refractivity contribution in [3.63, 3.8) is 0 Å². The van der Waals surface area contributed by atoms with Gasteiger partial charge in [-0.1, -0.05) is 6.07 Å². The summed E-state index contributed by atoms with van der Waals surface area (Å²) in [6, 6.07) is 4.32. The summed E-state index contributed by atoms with van der Waals surface area (Å²) in [7, 11) is 0. The summed E-state index contributed by atoms with van der Waals surface area (Å²) in [5.74, 6) is 0.0908. The summed E-state index contributed by atoms with van der Waals surface area (Å²) < 4.78 is 34.9. The number of hydrogen-bond acceptors (Lipinski definition) is 5. The van der Waals surface area contributed by atoms with Crippen LogP contribution in [0.15, 0.2) is 28.2 Å². The van der Waals surface area contributed by atoms with Crippen LogP contribution in [0.4, 0.5) is 8.78 Å². The number of aromatic nitrogens is 1. The van der Waals surface area contributed by atoms with E-state index >= 15 is 0 Å². The van der Waals surface area contributed by atoms with E-state index in [9.17, 15) is 13.9 Å². The topological polar surface area (TPSA) is 51.6 Å². The third kappa shape index (κ3) is 4.12. The maximum absolute atomic E-state index is 12.3. The van der Waals surface area contributed by atoms with Crippen LogP contribution in [0.1, 0.15) is 23.6 Å². The highest BCUT2D eigenvalue weighted by Gasteiger charge is 2.18. The van der Waals surface area contributed by atoms with Gasteiger partial charge in [-0.25, -0.2) is 4.98 Å². The third-order valence-corrected chi connectivity index (χ3v) is 4.13. The number of nitrogens with zero attached hydrogens (tertiary/aromatic N) is 1. The minimum absolute atomic E-state index is 0.0666. The van der Waals surface area contributed by atoms with Crippen molar-refractivity contribution in [2.24, 2.45) is 0 Å². The molecule has 0 amide bonds. The number of rotatable bonds is 6. The molecule has 0 aliphatic carbocycles. The molecule has 1 unspecified atom stereocenters. The van der Waals surface area contributed by atoms with Crippen LogP contribution in [-0.2, 0) is 0 Å². The molecule has 2 rings (SSSR count). The largest absolute Gasteiger partial charge is 0.490 e. The van der Waals surface area contributed by atoms with Gasteiger partial charge in [0, 0.05) is 5.38 Å². The lowest BCUT2D eigenvalue weighted by Gasteiger charge is -2.14. The van der Waals surface area contributed by atoms with E-state index in [1.165, 1.54) is 29.5 Å². The zero-order valence-corrected chi connectivity index (χ0v) is 13.3. The zero-order valence-electron chi connectivity index (χ0n) is 10.9. The van der Waals surface area contributed by atoms with Crippen LogP contribution in [0.5, 0.6) is 11.5 Å². The minimum Gasteiger partial charge on any atom is -0.490 e. The first-order valence-corrected chi connectivity index (χ1v) is 7.69. The fourth-order valence-corrected chi connectivity index (χ4v) is 2.97. The fourth-order valence-electron chi connectivity index (χ4n) is 1.69. The Kier molecular flexibility index (Phi) is 5.49. The molecule has 1 aromatic heterocycles. The first kappa shape index (κ1) is 16.1. The van der Waals surface area contributed by atoms with Gasteiger partial charge in [0.15, 0.2) is 11.5 Å². The second-order valence-corrected chi connectivity index (χ2v) is 5.63. The molecule has 8 heteroatoms. The summed E-state index contributed by atoms with van der Waals surface area (Å²) in [5, 5.41) is 12.5. The first-order valence-electron chi connectivity index (χ1n) is 6.01. The Morgan fingerprint density at radius 3 is 2.71 bits per heavy atom. The van der Waals surface area contributed by atoms with Crippen LogP contribution in [0.2, 0.25) is 0 Å². The molecule has 0 radical (unpaired) electrons. The van der Waals surface area contributed by atoms with E-state index in [0.717, 1.165) is 0 Å². The summed E-state index contributed by atoms with van der Waals surface area (Å²) >= 11 is 4.50. The number of halogens is 3. The fraction of sp³-hybridized carbons (Fsp3) is 0.308. The summed E-state index contributed by atoms with van der Waals surface area (Å²) in [4.78, 5) is 4.13. The normalized spacial score (nSPS) is 12.5. The van der Waals surface area contributed by atoms with Crippen molar-refractivity contribution < 1.29 is 23.4 Å². The molecule has 0 aliphatic rings. The van der Waals surface area contributed by atoms with E-state index in [-0.39, 0.29) is 11.5 Å². The highest BCUT2D eigenvalue weighted by atomic mass is 79.9. The van der Waals surface area contributed by atoms with Gasteiger partial charge in [0.05, 0.1) is 6.61 Å². The molecule has 114 valence electrons. The van der Waals surface area contributed by atoms with Crippen LogP contribution in [0.3, 0.4) is 0 Å². The number of benzene rings is 1. The molecule has 0 aliphatic heterocycles. The molecule has 0 saturated carbocycles. The third-order valence-electron chi connectivity index (χ3n) is 2.53. The molecule has 0 fully saturated rings. The molecule has 4 nitrogen and oxygen atoms in total. The summed E-state index contributed by atoms with van der Waals surface area (Å²) in [6.07, 6.45) is -0.957. The second kappa shape index (κ2) is 7.15. The van der Waals surface area contributed by atoms with E-state index in [2.05, 4.69) is 25.7 Å². The van der Waals surface area contributed by atoms with Gasteiger partial charge in [-0.3, -0.25) is 0 Å². The van der Waals surface area contributed by atoms with Crippen molar-refractivity contribution in [2.75, 3.05) is 6.61 Å². The summed E-state index contributed by atoms with van der Waals surface area (Å²) in [5.41, 5.74) is 0.488. The number of aliphatic hydroxyl groups excluding tert-OH is 1. The highest BCUT2D eigenvalue weighted by molar-refractivity contribution is 9.10. The maximum Gasteiger partial charge on any atom is 0.387 e. The zero-order chi connectivity index (χ0) is 15.4. The molecule has 1 heterocycles. The number of ether oxygens (including phenoxy) is 2. The van der Waals surface area contributed by atoms with Crippen molar-refractivity contribution >= 4 is 27.3 Å². The molecule has 1 N–H and O–H groups in total. The highest BCUT2D eigenvalue weighted by Crippen LogP contribution is 2.34. The van der Waals surface area contributed by atoms with Crippen LogP contribution < -0.4 is 9.47 Å². The molecule has 2 aromatic rings. The number of thiazole rings is 1. The smallest absolute Gasteiger partial charge is 0.387 e. The van der Waals surface area contributed by atoms with Crippen molar-refractivity contribution in [2.45, 2.75) is 19.6 Å². The van der Waals surface area contributed by atoms with Crippen LogP contribution in [-0.4, -0.2) is 23.3 Å². The van der Waals surface area contributed by atoms with E-state index in [1.54, 1.807) is 12.3 Å². The van der Waals surface area contributed by atoms with Crippen molar-refractivity contribution in [3.05, 3.63) is 38.8 Å². The van der Waals surface area contributed by atoms with Crippen molar-refractivity contribution in [3.8, 4) is 11.5 Å². The Labute approximate surface area is 132 Å². The van der Waals surface area contributed by atoms with Crippen LogP contribution in [0.25, 0.3) is 0 Å². The van der Waals surface area contributed by atoms with Gasteiger partial charge in [0.25, 0.3) is 0 Å². The lowest BCUT2D eigenvalue weighted by atomic mass is 10.1. The maximum atomic E-state index is 12.3. The number of hydrogen-bond donors (Lipinski definition) is 1. The molecule has 0 saturated heterocycles. The SMILES string of the molecule is CCOc1cc(C(O)c2nc(Br)cs2)ccc1OC(F)F.